The van der Waals surface area contributed by atoms with Crippen LogP contribution in [0.15, 0.2) is 36.0 Å². The second kappa shape index (κ2) is 10.9. The van der Waals surface area contributed by atoms with Crippen molar-refractivity contribution >= 4 is 28.8 Å². The van der Waals surface area contributed by atoms with Gasteiger partial charge in [0.15, 0.2) is 0 Å². The van der Waals surface area contributed by atoms with Crippen LogP contribution in [-0.2, 0) is 11.3 Å². The largest absolute Gasteiger partial charge is 0.384 e. The van der Waals surface area contributed by atoms with Crippen molar-refractivity contribution in [3.05, 3.63) is 58.4 Å². The minimum Gasteiger partial charge on any atom is -0.384 e. The van der Waals surface area contributed by atoms with Crippen LogP contribution < -0.4 is 16.4 Å². The second-order valence-electron chi connectivity index (χ2n) is 8.88. The lowest BCUT2D eigenvalue weighted by Gasteiger charge is -2.27. The molecule has 176 valence electrons. The summed E-state index contributed by atoms with van der Waals surface area (Å²) in [6.07, 6.45) is 7.75. The van der Waals surface area contributed by atoms with Crippen LogP contribution in [-0.4, -0.2) is 42.7 Å². The van der Waals surface area contributed by atoms with Crippen LogP contribution in [0.2, 0.25) is 0 Å². The Morgan fingerprint density at radius 2 is 2.06 bits per heavy atom. The van der Waals surface area contributed by atoms with Gasteiger partial charge in [-0.1, -0.05) is 32.4 Å². The molecule has 33 heavy (non-hydrogen) atoms. The van der Waals surface area contributed by atoms with E-state index < -0.39 is 0 Å². The smallest absolute Gasteiger partial charge is 0.124 e. The molecule has 4 N–H and O–H groups in total. The van der Waals surface area contributed by atoms with Crippen LogP contribution in [0.5, 0.6) is 0 Å². The number of hydrogen-bond donors (Lipinski definition) is 3. The number of nitrogen functional groups attached to an aromatic ring is 1. The van der Waals surface area contributed by atoms with Gasteiger partial charge in [-0.25, -0.2) is 4.98 Å². The van der Waals surface area contributed by atoms with Crippen molar-refractivity contribution in [3.8, 4) is 0 Å². The van der Waals surface area contributed by atoms with Crippen LogP contribution in [0.25, 0.3) is 11.6 Å². The molecule has 2 aliphatic heterocycles. The zero-order chi connectivity index (χ0) is 23.2. The summed E-state index contributed by atoms with van der Waals surface area (Å²) in [5.74, 6) is 0.552. The van der Waals surface area contributed by atoms with E-state index in [1.807, 2.05) is 13.0 Å². The Bertz CT molecular complexity index is 1040. The fourth-order valence-corrected chi connectivity index (χ4v) is 4.48. The Hall–Kier alpha value is -2.83. The summed E-state index contributed by atoms with van der Waals surface area (Å²) in [5, 5.41) is 7.27. The Morgan fingerprint density at radius 3 is 2.82 bits per heavy atom. The highest BCUT2D eigenvalue weighted by molar-refractivity contribution is 5.95. The first kappa shape index (κ1) is 23.3. The van der Waals surface area contributed by atoms with Crippen molar-refractivity contribution in [3.63, 3.8) is 0 Å². The van der Waals surface area contributed by atoms with E-state index >= 15 is 0 Å². The number of nitrogens with one attached hydrogen (secondary N) is 2. The monoisotopic (exact) mass is 447 g/mol. The van der Waals surface area contributed by atoms with Gasteiger partial charge in [-0.3, -0.25) is 4.90 Å². The second-order valence-corrected chi connectivity index (χ2v) is 8.88. The lowest BCUT2D eigenvalue weighted by atomic mass is 9.95. The zero-order valence-corrected chi connectivity index (χ0v) is 20.2. The number of anilines is 3. The minimum absolute atomic E-state index is 0.552. The van der Waals surface area contributed by atoms with Crippen LogP contribution >= 0.6 is 0 Å². The Labute approximate surface area is 197 Å². The number of pyridine rings is 1. The number of aromatic nitrogens is 1. The fourth-order valence-electron chi connectivity index (χ4n) is 4.48. The van der Waals surface area contributed by atoms with Gasteiger partial charge in [0.25, 0.3) is 0 Å². The van der Waals surface area contributed by atoms with E-state index in [9.17, 15) is 0 Å². The highest BCUT2D eigenvalue weighted by atomic mass is 16.5. The Morgan fingerprint density at radius 1 is 1.24 bits per heavy atom. The van der Waals surface area contributed by atoms with Gasteiger partial charge in [0.05, 0.1) is 24.6 Å². The summed E-state index contributed by atoms with van der Waals surface area (Å²) < 4.78 is 5.49. The van der Waals surface area contributed by atoms with Crippen LogP contribution in [0.3, 0.4) is 0 Å². The molecule has 0 bridgehead atoms. The molecule has 1 saturated heterocycles. The molecular formula is C27H37N5O. The lowest BCUT2D eigenvalue weighted by Crippen LogP contribution is -2.35. The average molecular weight is 448 g/mol. The molecule has 0 atom stereocenters. The van der Waals surface area contributed by atoms with Crippen molar-refractivity contribution in [2.45, 2.75) is 46.6 Å². The maximum Gasteiger partial charge on any atom is 0.124 e. The standard InChI is InChI=1S/C27H37N5O/c1-4-6-7-23(5-2)31-27-19(3)30-26(28)16-24(27)22-15-21-14-20(8-9-25(21)29-17-22)18-32-10-12-33-13-11-32/h7-9,14-16,29,31H,4-6,10-13,17-18H2,1-3H3,(H2,28,30)/b23-7-. The van der Waals surface area contributed by atoms with E-state index in [1.165, 1.54) is 28.1 Å². The number of nitrogens with zero attached hydrogens (tertiary/aromatic N) is 2. The van der Waals surface area contributed by atoms with E-state index in [1.54, 1.807) is 0 Å². The van der Waals surface area contributed by atoms with Crippen molar-refractivity contribution in [2.24, 2.45) is 0 Å². The maximum absolute atomic E-state index is 6.18. The summed E-state index contributed by atoms with van der Waals surface area (Å²) >= 11 is 0. The van der Waals surface area contributed by atoms with E-state index in [0.717, 1.165) is 75.6 Å². The quantitative estimate of drug-likeness (QED) is 0.511. The molecule has 0 amide bonds. The third-order valence-corrected chi connectivity index (χ3v) is 6.34. The molecule has 0 unspecified atom stereocenters. The summed E-state index contributed by atoms with van der Waals surface area (Å²) in [6, 6.07) is 8.73. The molecule has 3 heterocycles. The summed E-state index contributed by atoms with van der Waals surface area (Å²) in [5.41, 5.74) is 15.4. The Balaban J connectivity index is 1.65. The number of hydrogen-bond acceptors (Lipinski definition) is 6. The zero-order valence-electron chi connectivity index (χ0n) is 20.2. The van der Waals surface area contributed by atoms with E-state index in [2.05, 4.69) is 64.7 Å². The topological polar surface area (TPSA) is 75.4 Å². The number of aryl methyl sites for hydroxylation is 1. The van der Waals surface area contributed by atoms with Gasteiger partial charge in [0.1, 0.15) is 5.82 Å². The van der Waals surface area contributed by atoms with Crippen LogP contribution in [0.4, 0.5) is 17.2 Å². The first-order chi connectivity index (χ1) is 16.1. The number of morpholine rings is 1. The number of benzene rings is 1. The average Bonchev–Trinajstić information content (AvgIpc) is 2.83. The van der Waals surface area contributed by atoms with Gasteiger partial charge in [0.2, 0.25) is 0 Å². The van der Waals surface area contributed by atoms with Gasteiger partial charge in [0, 0.05) is 43.1 Å². The number of rotatable bonds is 8. The molecule has 2 aliphatic rings. The predicted octanol–water partition coefficient (Wildman–Crippen LogP) is 5.28. The highest BCUT2D eigenvalue weighted by Gasteiger charge is 2.18. The highest BCUT2D eigenvalue weighted by Crippen LogP contribution is 2.35. The molecule has 1 aromatic heterocycles. The van der Waals surface area contributed by atoms with E-state index in [4.69, 9.17) is 10.5 Å². The van der Waals surface area contributed by atoms with Crippen molar-refractivity contribution < 1.29 is 4.74 Å². The maximum atomic E-state index is 6.18. The van der Waals surface area contributed by atoms with Crippen molar-refractivity contribution in [1.82, 2.24) is 9.88 Å². The third kappa shape index (κ3) is 5.75. The van der Waals surface area contributed by atoms with Gasteiger partial charge in [-0.05, 0) is 60.7 Å². The van der Waals surface area contributed by atoms with Gasteiger partial charge in [-0.2, -0.15) is 0 Å². The summed E-state index contributed by atoms with van der Waals surface area (Å²) in [6.45, 7) is 11.8. The Kier molecular flexibility index (Phi) is 7.68. The molecule has 1 fully saturated rings. The molecule has 1 aromatic carbocycles. The molecule has 4 rings (SSSR count). The first-order valence-electron chi connectivity index (χ1n) is 12.2. The molecular weight excluding hydrogens is 410 g/mol. The number of ether oxygens (including phenoxy) is 1. The van der Waals surface area contributed by atoms with E-state index in [-0.39, 0.29) is 0 Å². The molecule has 0 radical (unpaired) electrons. The summed E-state index contributed by atoms with van der Waals surface area (Å²) in [7, 11) is 0. The van der Waals surface area contributed by atoms with E-state index in [0.29, 0.717) is 5.82 Å². The number of nitrogens with two attached hydrogens (primary N) is 1. The lowest BCUT2D eigenvalue weighted by molar-refractivity contribution is 0.0342. The SMILES string of the molecule is CCC/C=C(/CC)Nc1c(C2=Cc3cc(CN4CCOCC4)ccc3NC2)cc(N)nc1C. The fraction of sp³-hybridized carbons (Fsp3) is 0.444. The molecule has 6 nitrogen and oxygen atoms in total. The third-order valence-electron chi connectivity index (χ3n) is 6.34. The first-order valence-corrected chi connectivity index (χ1v) is 12.2. The van der Waals surface area contributed by atoms with Crippen molar-refractivity contribution in [2.75, 3.05) is 49.2 Å². The number of unbranched alkanes of at least 4 members (excludes halogenated alkanes) is 1. The van der Waals surface area contributed by atoms with Gasteiger partial charge >= 0.3 is 0 Å². The number of allylic oxidation sites excluding steroid dienone is 2. The minimum atomic E-state index is 0.552. The van der Waals surface area contributed by atoms with Crippen molar-refractivity contribution in [1.29, 1.82) is 0 Å². The molecule has 0 saturated carbocycles. The molecule has 0 spiro atoms. The molecule has 0 aliphatic carbocycles. The van der Waals surface area contributed by atoms with Crippen LogP contribution in [0.1, 0.15) is 55.5 Å². The van der Waals surface area contributed by atoms with Gasteiger partial charge in [-0.15, -0.1) is 0 Å². The number of fused-ring (bicyclic) bond motifs is 1. The summed E-state index contributed by atoms with van der Waals surface area (Å²) in [4.78, 5) is 7.00. The molecule has 6 heteroatoms. The van der Waals surface area contributed by atoms with Crippen LogP contribution in [0, 0.1) is 6.92 Å². The molecule has 2 aromatic rings. The predicted molar refractivity (Wildman–Crippen MR) is 139 cm³/mol. The van der Waals surface area contributed by atoms with Gasteiger partial charge < -0.3 is 21.1 Å². The normalized spacial score (nSPS) is 16.7.